The van der Waals surface area contributed by atoms with Gasteiger partial charge in [0.25, 0.3) is 0 Å². The van der Waals surface area contributed by atoms with Gasteiger partial charge in [0, 0.05) is 5.02 Å². The van der Waals surface area contributed by atoms with Crippen LogP contribution in [0.15, 0.2) is 18.2 Å². The number of nitrogens with zero attached hydrogens (tertiary/aromatic N) is 1. The first-order valence-electron chi connectivity index (χ1n) is 8.25. The number of hydrogen-bond donors (Lipinski definition) is 1. The molecular weight excluding hydrogens is 298 g/mol. The summed E-state index contributed by atoms with van der Waals surface area (Å²) in [4.78, 5) is 14.2. The molecule has 3 nitrogen and oxygen atoms in total. The van der Waals surface area contributed by atoms with Gasteiger partial charge in [-0.1, -0.05) is 36.6 Å². The highest BCUT2D eigenvalue weighted by Crippen LogP contribution is 2.43. The lowest BCUT2D eigenvalue weighted by atomic mass is 9.78. The third-order valence-corrected chi connectivity index (χ3v) is 5.91. The average Bonchev–Trinajstić information content (AvgIpc) is 2.99. The molecule has 1 aromatic rings. The Balaban J connectivity index is 1.87. The molecule has 1 saturated heterocycles. The standard InChI is InChI=1S/C18H24ClNO2/c1-20-10-6-13(7-11-20)15-5-4-14(12-16(15)19)18(17(21)22)8-2-3-9-18/h4-5,12-13H,2-3,6-11H2,1H3,(H,21,22). The summed E-state index contributed by atoms with van der Waals surface area (Å²) >= 11 is 6.54. The Morgan fingerprint density at radius 2 is 1.91 bits per heavy atom. The molecule has 1 aromatic carbocycles. The van der Waals surface area contributed by atoms with Crippen LogP contribution in [-0.4, -0.2) is 36.1 Å². The second-order valence-electron chi connectivity index (χ2n) is 6.91. The summed E-state index contributed by atoms with van der Waals surface area (Å²) in [5.74, 6) is -0.199. The van der Waals surface area contributed by atoms with Crippen LogP contribution in [0.5, 0.6) is 0 Å². The molecule has 1 aliphatic heterocycles. The fourth-order valence-electron chi connectivity index (χ4n) is 4.08. The van der Waals surface area contributed by atoms with Gasteiger partial charge in [-0.25, -0.2) is 0 Å². The van der Waals surface area contributed by atoms with Crippen LogP contribution >= 0.6 is 11.6 Å². The Morgan fingerprint density at radius 1 is 1.27 bits per heavy atom. The van der Waals surface area contributed by atoms with Gasteiger partial charge in [0.05, 0.1) is 5.41 Å². The van der Waals surface area contributed by atoms with E-state index >= 15 is 0 Å². The molecule has 0 aromatic heterocycles. The van der Waals surface area contributed by atoms with E-state index in [2.05, 4.69) is 18.0 Å². The molecule has 2 fully saturated rings. The molecular formula is C18H24ClNO2. The minimum absolute atomic E-state index is 0.502. The molecule has 1 saturated carbocycles. The minimum Gasteiger partial charge on any atom is -0.481 e. The second kappa shape index (κ2) is 6.21. The third-order valence-electron chi connectivity index (χ3n) is 5.58. The van der Waals surface area contributed by atoms with Crippen molar-refractivity contribution in [3.63, 3.8) is 0 Å². The van der Waals surface area contributed by atoms with E-state index in [4.69, 9.17) is 11.6 Å². The lowest BCUT2D eigenvalue weighted by Gasteiger charge is -2.30. The molecule has 2 aliphatic rings. The smallest absolute Gasteiger partial charge is 0.314 e. The van der Waals surface area contributed by atoms with Crippen LogP contribution in [0.25, 0.3) is 0 Å². The summed E-state index contributed by atoms with van der Waals surface area (Å²) in [7, 11) is 2.15. The van der Waals surface area contributed by atoms with Crippen LogP contribution in [0.3, 0.4) is 0 Å². The van der Waals surface area contributed by atoms with E-state index in [1.54, 1.807) is 0 Å². The van der Waals surface area contributed by atoms with Crippen molar-refractivity contribution in [1.29, 1.82) is 0 Å². The predicted molar refractivity (Wildman–Crippen MR) is 88.7 cm³/mol. The second-order valence-corrected chi connectivity index (χ2v) is 7.32. The Kier molecular flexibility index (Phi) is 4.47. The number of piperidine rings is 1. The van der Waals surface area contributed by atoms with Crippen molar-refractivity contribution < 1.29 is 9.90 Å². The number of carboxylic acid groups (broad SMARTS) is 1. The molecule has 120 valence electrons. The fourth-order valence-corrected chi connectivity index (χ4v) is 4.41. The van der Waals surface area contributed by atoms with Crippen LogP contribution < -0.4 is 0 Å². The molecule has 0 unspecified atom stereocenters. The van der Waals surface area contributed by atoms with Crippen LogP contribution in [-0.2, 0) is 10.2 Å². The van der Waals surface area contributed by atoms with Crippen molar-refractivity contribution in [3.8, 4) is 0 Å². The van der Waals surface area contributed by atoms with Crippen LogP contribution in [0.1, 0.15) is 55.6 Å². The number of carboxylic acids is 1. The van der Waals surface area contributed by atoms with E-state index in [9.17, 15) is 9.90 Å². The number of rotatable bonds is 3. The molecule has 1 heterocycles. The average molecular weight is 322 g/mol. The summed E-state index contributed by atoms with van der Waals surface area (Å²) in [6, 6.07) is 6.02. The van der Waals surface area contributed by atoms with E-state index in [0.29, 0.717) is 5.92 Å². The molecule has 1 aliphatic carbocycles. The maximum atomic E-state index is 11.8. The van der Waals surface area contributed by atoms with Crippen molar-refractivity contribution >= 4 is 17.6 Å². The lowest BCUT2D eigenvalue weighted by molar-refractivity contribution is -0.143. The first-order chi connectivity index (χ1) is 10.5. The number of likely N-dealkylation sites (tertiary alicyclic amines) is 1. The Morgan fingerprint density at radius 3 is 2.45 bits per heavy atom. The summed E-state index contributed by atoms with van der Waals surface area (Å²) < 4.78 is 0. The van der Waals surface area contributed by atoms with E-state index in [-0.39, 0.29) is 0 Å². The summed E-state index contributed by atoms with van der Waals surface area (Å²) in [6.45, 7) is 2.20. The zero-order valence-electron chi connectivity index (χ0n) is 13.1. The molecule has 0 atom stereocenters. The first-order valence-corrected chi connectivity index (χ1v) is 8.62. The molecule has 4 heteroatoms. The highest BCUT2D eigenvalue weighted by molar-refractivity contribution is 6.31. The van der Waals surface area contributed by atoms with E-state index in [1.165, 1.54) is 5.56 Å². The molecule has 3 rings (SSSR count). The number of aliphatic carboxylic acids is 1. The summed E-state index contributed by atoms with van der Waals surface area (Å²) in [5, 5.41) is 10.5. The van der Waals surface area contributed by atoms with E-state index in [0.717, 1.165) is 62.2 Å². The Hall–Kier alpha value is -1.06. The molecule has 0 amide bonds. The highest BCUT2D eigenvalue weighted by Gasteiger charge is 2.43. The number of carbonyl (C=O) groups is 1. The van der Waals surface area contributed by atoms with Crippen molar-refractivity contribution in [2.24, 2.45) is 0 Å². The van der Waals surface area contributed by atoms with Crippen LogP contribution in [0.4, 0.5) is 0 Å². The van der Waals surface area contributed by atoms with Gasteiger partial charge in [0.15, 0.2) is 0 Å². The van der Waals surface area contributed by atoms with Crippen molar-refractivity contribution in [2.45, 2.75) is 49.9 Å². The van der Waals surface area contributed by atoms with E-state index < -0.39 is 11.4 Å². The van der Waals surface area contributed by atoms with Crippen LogP contribution in [0.2, 0.25) is 5.02 Å². The zero-order valence-corrected chi connectivity index (χ0v) is 13.9. The summed E-state index contributed by atoms with van der Waals surface area (Å²) in [5.41, 5.74) is 1.37. The molecule has 0 radical (unpaired) electrons. The van der Waals surface area contributed by atoms with Gasteiger partial charge in [0.1, 0.15) is 0 Å². The maximum absolute atomic E-state index is 11.8. The first kappa shape index (κ1) is 15.8. The van der Waals surface area contributed by atoms with E-state index in [1.807, 2.05) is 12.1 Å². The molecule has 0 spiro atoms. The number of hydrogen-bond acceptors (Lipinski definition) is 2. The zero-order chi connectivity index (χ0) is 15.7. The third kappa shape index (κ3) is 2.77. The number of benzene rings is 1. The normalized spacial score (nSPS) is 22.8. The highest BCUT2D eigenvalue weighted by atomic mass is 35.5. The monoisotopic (exact) mass is 321 g/mol. The van der Waals surface area contributed by atoms with Crippen molar-refractivity contribution in [1.82, 2.24) is 4.90 Å². The Labute approximate surface area is 137 Å². The molecule has 1 N–H and O–H groups in total. The lowest BCUT2D eigenvalue weighted by Crippen LogP contribution is -2.32. The van der Waals surface area contributed by atoms with Crippen molar-refractivity contribution in [3.05, 3.63) is 34.3 Å². The minimum atomic E-state index is -0.713. The SMILES string of the molecule is CN1CCC(c2ccc(C3(C(=O)O)CCCC3)cc2Cl)CC1. The fraction of sp³-hybridized carbons (Fsp3) is 0.611. The van der Waals surface area contributed by atoms with Gasteiger partial charge in [-0.2, -0.15) is 0 Å². The van der Waals surface area contributed by atoms with Gasteiger partial charge in [-0.05, 0) is 68.9 Å². The largest absolute Gasteiger partial charge is 0.481 e. The summed E-state index contributed by atoms with van der Waals surface area (Å²) in [6.07, 6.45) is 5.68. The van der Waals surface area contributed by atoms with Gasteiger partial charge < -0.3 is 10.0 Å². The van der Waals surface area contributed by atoms with Gasteiger partial charge in [-0.15, -0.1) is 0 Å². The quantitative estimate of drug-likeness (QED) is 0.913. The number of halogens is 1. The topological polar surface area (TPSA) is 40.5 Å². The van der Waals surface area contributed by atoms with Gasteiger partial charge >= 0.3 is 5.97 Å². The predicted octanol–water partition coefficient (Wildman–Crippen LogP) is 4.05. The van der Waals surface area contributed by atoms with Crippen LogP contribution in [0, 0.1) is 0 Å². The Bertz CT molecular complexity index is 558. The molecule has 22 heavy (non-hydrogen) atoms. The molecule has 0 bridgehead atoms. The van der Waals surface area contributed by atoms with Crippen molar-refractivity contribution in [2.75, 3.05) is 20.1 Å². The van der Waals surface area contributed by atoms with Gasteiger partial charge in [0.2, 0.25) is 0 Å². The maximum Gasteiger partial charge on any atom is 0.314 e. The van der Waals surface area contributed by atoms with Gasteiger partial charge in [-0.3, -0.25) is 4.79 Å².